The van der Waals surface area contributed by atoms with E-state index in [2.05, 4.69) is 0 Å². The molecule has 4 nitrogen and oxygen atoms in total. The maximum Gasteiger partial charge on any atom is 0.335 e. The summed E-state index contributed by atoms with van der Waals surface area (Å²) in [6.45, 7) is 0.725. The molecule has 0 amide bonds. The summed E-state index contributed by atoms with van der Waals surface area (Å²) in [6.07, 6.45) is -0.0843. The Morgan fingerprint density at radius 2 is 2.06 bits per heavy atom. The monoisotopic (exact) mass is 260 g/mol. The Kier molecular flexibility index (Phi) is 4.22. The van der Waals surface area contributed by atoms with Crippen LogP contribution in [0.4, 0.5) is 4.39 Å². The number of aromatic carboxylic acids is 1. The maximum atomic E-state index is 12.0. The largest absolute Gasteiger partial charge is 0.478 e. The fourth-order valence-corrected chi connectivity index (χ4v) is 3.11. The first-order valence-electron chi connectivity index (χ1n) is 5.02. The van der Waals surface area contributed by atoms with Gasteiger partial charge in [0.05, 0.1) is 22.9 Å². The van der Waals surface area contributed by atoms with Crippen LogP contribution in [0.1, 0.15) is 22.3 Å². The fourth-order valence-electron chi connectivity index (χ4n) is 1.54. The predicted octanol–water partition coefficient (Wildman–Crippen LogP) is 1.83. The third kappa shape index (κ3) is 3.03. The van der Waals surface area contributed by atoms with Crippen molar-refractivity contribution in [3.05, 3.63) is 29.3 Å². The zero-order chi connectivity index (χ0) is 13.1. The highest BCUT2D eigenvalue weighted by atomic mass is 32.2. The molecule has 94 valence electrons. The van der Waals surface area contributed by atoms with E-state index in [1.807, 2.05) is 0 Å². The van der Waals surface area contributed by atoms with Crippen LogP contribution in [-0.2, 0) is 9.84 Å². The fraction of sp³-hybridized carbons (Fsp3) is 0.364. The number of rotatable bonds is 5. The lowest BCUT2D eigenvalue weighted by molar-refractivity contribution is 0.0696. The van der Waals surface area contributed by atoms with Crippen LogP contribution in [0.15, 0.2) is 23.1 Å². The summed E-state index contributed by atoms with van der Waals surface area (Å²) >= 11 is 0. The molecule has 0 radical (unpaired) electrons. The van der Waals surface area contributed by atoms with Crippen molar-refractivity contribution in [2.45, 2.75) is 18.2 Å². The summed E-state index contributed by atoms with van der Waals surface area (Å²) in [7, 11) is -3.61. The van der Waals surface area contributed by atoms with Crippen LogP contribution in [0.3, 0.4) is 0 Å². The van der Waals surface area contributed by atoms with E-state index in [1.165, 1.54) is 25.1 Å². The van der Waals surface area contributed by atoms with Crippen LogP contribution in [0.5, 0.6) is 0 Å². The molecule has 0 aliphatic heterocycles. The van der Waals surface area contributed by atoms with Crippen molar-refractivity contribution < 1.29 is 22.7 Å². The second-order valence-electron chi connectivity index (χ2n) is 3.60. The molecule has 1 aromatic carbocycles. The lowest BCUT2D eigenvalue weighted by Gasteiger charge is -2.08. The SMILES string of the molecule is Cc1c(C(=O)O)cccc1S(=O)(=O)CCCF. The van der Waals surface area contributed by atoms with Gasteiger partial charge >= 0.3 is 5.97 Å². The van der Waals surface area contributed by atoms with Gasteiger partial charge in [-0.1, -0.05) is 6.07 Å². The Labute approximate surface area is 99.0 Å². The Balaban J connectivity index is 3.24. The first-order chi connectivity index (χ1) is 7.90. The molecule has 0 spiro atoms. The molecule has 0 atom stereocenters. The second kappa shape index (κ2) is 5.27. The van der Waals surface area contributed by atoms with Crippen LogP contribution in [0, 0.1) is 6.92 Å². The zero-order valence-electron chi connectivity index (χ0n) is 9.31. The van der Waals surface area contributed by atoms with Crippen molar-refractivity contribution >= 4 is 15.8 Å². The molecule has 0 bridgehead atoms. The van der Waals surface area contributed by atoms with E-state index >= 15 is 0 Å². The number of carboxylic acid groups (broad SMARTS) is 1. The van der Waals surface area contributed by atoms with Gasteiger partial charge in [0.1, 0.15) is 0 Å². The predicted molar refractivity (Wildman–Crippen MR) is 60.8 cm³/mol. The first-order valence-corrected chi connectivity index (χ1v) is 6.67. The molecule has 1 N–H and O–H groups in total. The Morgan fingerprint density at radius 1 is 1.41 bits per heavy atom. The molecule has 1 aromatic rings. The van der Waals surface area contributed by atoms with Gasteiger partial charge in [-0.15, -0.1) is 0 Å². The smallest absolute Gasteiger partial charge is 0.335 e. The van der Waals surface area contributed by atoms with Crippen LogP contribution < -0.4 is 0 Å². The molecule has 0 heterocycles. The van der Waals surface area contributed by atoms with Gasteiger partial charge in [0.25, 0.3) is 0 Å². The molecule has 0 aliphatic carbocycles. The average molecular weight is 260 g/mol. The number of sulfone groups is 1. The van der Waals surface area contributed by atoms with E-state index in [0.29, 0.717) is 0 Å². The molecule has 0 aromatic heterocycles. The highest BCUT2D eigenvalue weighted by molar-refractivity contribution is 7.91. The van der Waals surface area contributed by atoms with Crippen molar-refractivity contribution in [3.63, 3.8) is 0 Å². The number of carboxylic acids is 1. The molecule has 1 rings (SSSR count). The summed E-state index contributed by atoms with van der Waals surface area (Å²) in [5.74, 6) is -1.49. The van der Waals surface area contributed by atoms with Crippen molar-refractivity contribution in [2.75, 3.05) is 12.4 Å². The molecule has 0 fully saturated rings. The zero-order valence-corrected chi connectivity index (χ0v) is 10.1. The number of halogens is 1. The molecular weight excluding hydrogens is 247 g/mol. The molecular formula is C11H13FO4S. The van der Waals surface area contributed by atoms with Gasteiger partial charge in [-0.05, 0) is 31.0 Å². The second-order valence-corrected chi connectivity index (χ2v) is 5.67. The minimum Gasteiger partial charge on any atom is -0.478 e. The number of alkyl halides is 1. The third-order valence-electron chi connectivity index (χ3n) is 2.40. The molecule has 0 saturated heterocycles. The summed E-state index contributed by atoms with van der Waals surface area (Å²) in [5, 5.41) is 8.88. The van der Waals surface area contributed by atoms with Crippen molar-refractivity contribution in [1.29, 1.82) is 0 Å². The minimum atomic E-state index is -3.61. The number of carbonyl (C=O) groups is 1. The van der Waals surface area contributed by atoms with Crippen LogP contribution in [0.25, 0.3) is 0 Å². The number of hydrogen-bond donors (Lipinski definition) is 1. The van der Waals surface area contributed by atoms with Gasteiger partial charge in [0, 0.05) is 0 Å². The van der Waals surface area contributed by atoms with E-state index in [0.717, 1.165) is 0 Å². The van der Waals surface area contributed by atoms with Gasteiger partial charge < -0.3 is 5.11 Å². The van der Waals surface area contributed by atoms with E-state index in [4.69, 9.17) is 5.11 Å². The Bertz CT molecular complexity index is 522. The molecule has 0 unspecified atom stereocenters. The normalized spacial score (nSPS) is 11.4. The summed E-state index contributed by atoms with van der Waals surface area (Å²) < 4.78 is 35.6. The van der Waals surface area contributed by atoms with Crippen LogP contribution >= 0.6 is 0 Å². The number of hydrogen-bond acceptors (Lipinski definition) is 3. The summed E-state index contributed by atoms with van der Waals surface area (Å²) in [6, 6.07) is 4.06. The van der Waals surface area contributed by atoms with E-state index in [1.54, 1.807) is 0 Å². The molecule has 0 saturated carbocycles. The van der Waals surface area contributed by atoms with E-state index in [-0.39, 0.29) is 28.2 Å². The van der Waals surface area contributed by atoms with Crippen molar-refractivity contribution in [2.24, 2.45) is 0 Å². The van der Waals surface area contributed by atoms with Crippen molar-refractivity contribution in [1.82, 2.24) is 0 Å². The lowest BCUT2D eigenvalue weighted by atomic mass is 10.1. The van der Waals surface area contributed by atoms with Gasteiger partial charge in [0.15, 0.2) is 9.84 Å². The van der Waals surface area contributed by atoms with Gasteiger partial charge in [-0.3, -0.25) is 4.39 Å². The Hall–Kier alpha value is -1.43. The first kappa shape index (κ1) is 13.6. The topological polar surface area (TPSA) is 71.4 Å². The standard InChI is InChI=1S/C11H13FO4S/c1-8-9(11(13)14)4-2-5-10(8)17(15,16)7-3-6-12/h2,4-5H,3,6-7H2,1H3,(H,13,14). The van der Waals surface area contributed by atoms with E-state index in [9.17, 15) is 17.6 Å². The number of benzene rings is 1. The quantitative estimate of drug-likeness (QED) is 0.876. The average Bonchev–Trinajstić information content (AvgIpc) is 2.26. The molecule has 17 heavy (non-hydrogen) atoms. The summed E-state index contributed by atoms with van der Waals surface area (Å²) in [5.41, 5.74) is 0.144. The Morgan fingerprint density at radius 3 is 2.59 bits per heavy atom. The lowest BCUT2D eigenvalue weighted by Crippen LogP contribution is -2.11. The van der Waals surface area contributed by atoms with E-state index < -0.39 is 22.5 Å². The van der Waals surface area contributed by atoms with Crippen LogP contribution in [-0.4, -0.2) is 31.9 Å². The molecule has 0 aliphatic rings. The summed E-state index contributed by atoms with van der Waals surface area (Å²) in [4.78, 5) is 10.8. The maximum absolute atomic E-state index is 12.0. The van der Waals surface area contributed by atoms with Crippen molar-refractivity contribution in [3.8, 4) is 0 Å². The van der Waals surface area contributed by atoms with Gasteiger partial charge in [0.2, 0.25) is 0 Å². The van der Waals surface area contributed by atoms with Gasteiger partial charge in [-0.2, -0.15) is 0 Å². The highest BCUT2D eigenvalue weighted by Gasteiger charge is 2.20. The molecule has 6 heteroatoms. The minimum absolute atomic E-state index is 0.0362. The highest BCUT2D eigenvalue weighted by Crippen LogP contribution is 2.20. The van der Waals surface area contributed by atoms with Gasteiger partial charge in [-0.25, -0.2) is 13.2 Å². The van der Waals surface area contributed by atoms with Crippen LogP contribution in [0.2, 0.25) is 0 Å². The third-order valence-corrected chi connectivity index (χ3v) is 4.33.